The van der Waals surface area contributed by atoms with E-state index in [1.807, 2.05) is 0 Å². The Morgan fingerprint density at radius 1 is 1.40 bits per heavy atom. The lowest BCUT2D eigenvalue weighted by Crippen LogP contribution is -2.47. The molecule has 0 aromatic heterocycles. The molecule has 2 aliphatic rings. The minimum absolute atomic E-state index is 0.0723. The lowest BCUT2D eigenvalue weighted by atomic mass is 9.92. The Balaban J connectivity index is 1.85. The summed E-state index contributed by atoms with van der Waals surface area (Å²) in [5.74, 6) is 0.162. The van der Waals surface area contributed by atoms with Gasteiger partial charge in [0, 0.05) is 19.5 Å². The van der Waals surface area contributed by atoms with E-state index in [4.69, 9.17) is 0 Å². The number of aliphatic hydroxyl groups excluding tert-OH is 1. The van der Waals surface area contributed by atoms with Gasteiger partial charge in [-0.1, -0.05) is 26.7 Å². The Morgan fingerprint density at radius 2 is 2.10 bits per heavy atom. The number of likely N-dealkylation sites (tertiary alicyclic amines) is 1. The molecule has 1 aliphatic carbocycles. The Hall–Kier alpha value is -1.10. The predicted octanol–water partition coefficient (Wildman–Crippen LogP) is 0.911. The van der Waals surface area contributed by atoms with Gasteiger partial charge in [0.1, 0.15) is 0 Å². The number of carbonyl (C=O) groups is 2. The van der Waals surface area contributed by atoms with Gasteiger partial charge in [0.05, 0.1) is 18.1 Å². The van der Waals surface area contributed by atoms with Gasteiger partial charge in [0.15, 0.2) is 0 Å². The average molecular weight is 282 g/mol. The van der Waals surface area contributed by atoms with Crippen LogP contribution in [0, 0.1) is 11.8 Å². The predicted molar refractivity (Wildman–Crippen MR) is 75.9 cm³/mol. The zero-order valence-electron chi connectivity index (χ0n) is 12.5. The van der Waals surface area contributed by atoms with Gasteiger partial charge in [-0.3, -0.25) is 9.59 Å². The standard InChI is InChI=1S/C15H26N2O3/c1-10(2)8-17-9-11(7-14(17)19)15(20)16-12-5-3-4-6-13(12)18/h10-13,18H,3-9H2,1-2H3,(H,16,20)/t11?,12-,13-/m1/s1. The molecule has 1 heterocycles. The first-order chi connectivity index (χ1) is 9.47. The fourth-order valence-electron chi connectivity index (χ4n) is 3.15. The van der Waals surface area contributed by atoms with E-state index in [1.165, 1.54) is 0 Å². The van der Waals surface area contributed by atoms with E-state index >= 15 is 0 Å². The summed E-state index contributed by atoms with van der Waals surface area (Å²) in [4.78, 5) is 25.9. The number of carbonyl (C=O) groups excluding carboxylic acids is 2. The first kappa shape index (κ1) is 15.3. The molecule has 1 aliphatic heterocycles. The highest BCUT2D eigenvalue weighted by atomic mass is 16.3. The van der Waals surface area contributed by atoms with Crippen molar-refractivity contribution < 1.29 is 14.7 Å². The summed E-state index contributed by atoms with van der Waals surface area (Å²) in [5, 5.41) is 12.8. The van der Waals surface area contributed by atoms with Crippen molar-refractivity contribution >= 4 is 11.8 Å². The van der Waals surface area contributed by atoms with Crippen molar-refractivity contribution in [3.05, 3.63) is 0 Å². The van der Waals surface area contributed by atoms with Crippen molar-refractivity contribution in [2.45, 2.75) is 58.1 Å². The van der Waals surface area contributed by atoms with Crippen molar-refractivity contribution in [2.75, 3.05) is 13.1 Å². The van der Waals surface area contributed by atoms with E-state index in [-0.39, 0.29) is 23.8 Å². The maximum absolute atomic E-state index is 12.2. The molecule has 0 spiro atoms. The van der Waals surface area contributed by atoms with Crippen LogP contribution in [-0.2, 0) is 9.59 Å². The van der Waals surface area contributed by atoms with Crippen LogP contribution >= 0.6 is 0 Å². The van der Waals surface area contributed by atoms with E-state index in [1.54, 1.807) is 4.90 Å². The van der Waals surface area contributed by atoms with Crippen LogP contribution in [0.2, 0.25) is 0 Å². The highest BCUT2D eigenvalue weighted by Gasteiger charge is 2.36. The number of aliphatic hydroxyl groups is 1. The molecule has 0 aromatic carbocycles. The fraction of sp³-hybridized carbons (Fsp3) is 0.867. The zero-order chi connectivity index (χ0) is 14.7. The first-order valence-corrected chi connectivity index (χ1v) is 7.73. The first-order valence-electron chi connectivity index (χ1n) is 7.73. The Labute approximate surface area is 120 Å². The summed E-state index contributed by atoms with van der Waals surface area (Å²) in [5.41, 5.74) is 0. The van der Waals surface area contributed by atoms with Crippen LogP contribution in [0.3, 0.4) is 0 Å². The van der Waals surface area contributed by atoms with Gasteiger partial charge in [-0.15, -0.1) is 0 Å². The summed E-state index contributed by atoms with van der Waals surface area (Å²) in [6, 6.07) is -0.134. The quantitative estimate of drug-likeness (QED) is 0.805. The van der Waals surface area contributed by atoms with E-state index in [0.717, 1.165) is 25.7 Å². The number of rotatable bonds is 4. The largest absolute Gasteiger partial charge is 0.391 e. The van der Waals surface area contributed by atoms with E-state index in [2.05, 4.69) is 19.2 Å². The zero-order valence-corrected chi connectivity index (χ0v) is 12.5. The lowest BCUT2D eigenvalue weighted by molar-refractivity contribution is -0.129. The van der Waals surface area contributed by atoms with Crippen LogP contribution in [0.25, 0.3) is 0 Å². The molecule has 2 N–H and O–H groups in total. The molecule has 20 heavy (non-hydrogen) atoms. The summed E-state index contributed by atoms with van der Waals surface area (Å²) >= 11 is 0. The van der Waals surface area contributed by atoms with Gasteiger partial charge in [0.2, 0.25) is 11.8 Å². The summed E-state index contributed by atoms with van der Waals surface area (Å²) < 4.78 is 0. The van der Waals surface area contributed by atoms with Crippen molar-refractivity contribution in [1.29, 1.82) is 0 Å². The molecule has 1 saturated heterocycles. The van der Waals surface area contributed by atoms with Crippen molar-refractivity contribution in [3.8, 4) is 0 Å². The Kier molecular flexibility index (Phi) is 5.02. The van der Waals surface area contributed by atoms with Crippen LogP contribution in [0.1, 0.15) is 46.0 Å². The third kappa shape index (κ3) is 3.72. The average Bonchev–Trinajstić information content (AvgIpc) is 2.73. The molecule has 1 saturated carbocycles. The number of amides is 2. The monoisotopic (exact) mass is 282 g/mol. The van der Waals surface area contributed by atoms with Gasteiger partial charge in [-0.05, 0) is 18.8 Å². The molecular formula is C15H26N2O3. The van der Waals surface area contributed by atoms with Crippen molar-refractivity contribution in [1.82, 2.24) is 10.2 Å². The molecule has 5 heteroatoms. The lowest BCUT2D eigenvalue weighted by Gasteiger charge is -2.29. The fourth-order valence-corrected chi connectivity index (χ4v) is 3.15. The molecule has 3 atom stereocenters. The van der Waals surface area contributed by atoms with Crippen molar-refractivity contribution in [3.63, 3.8) is 0 Å². The highest BCUT2D eigenvalue weighted by molar-refractivity contribution is 5.89. The molecule has 0 radical (unpaired) electrons. The number of hydrogen-bond donors (Lipinski definition) is 2. The SMILES string of the molecule is CC(C)CN1CC(C(=O)N[C@@H]2CCCC[C@H]2O)CC1=O. The molecule has 2 amide bonds. The van der Waals surface area contributed by atoms with E-state index in [9.17, 15) is 14.7 Å². The Morgan fingerprint density at radius 3 is 2.75 bits per heavy atom. The molecule has 5 nitrogen and oxygen atoms in total. The minimum Gasteiger partial charge on any atom is -0.391 e. The normalized spacial score (nSPS) is 30.9. The van der Waals surface area contributed by atoms with Crippen LogP contribution in [0.15, 0.2) is 0 Å². The van der Waals surface area contributed by atoms with Gasteiger partial charge in [-0.25, -0.2) is 0 Å². The second-order valence-electron chi connectivity index (χ2n) is 6.56. The van der Waals surface area contributed by atoms with Gasteiger partial charge in [0.25, 0.3) is 0 Å². The van der Waals surface area contributed by atoms with Crippen molar-refractivity contribution in [2.24, 2.45) is 11.8 Å². The summed E-state index contributed by atoms with van der Waals surface area (Å²) in [6.45, 7) is 5.37. The van der Waals surface area contributed by atoms with E-state index in [0.29, 0.717) is 25.4 Å². The second kappa shape index (κ2) is 6.57. The molecule has 0 aromatic rings. The number of nitrogens with one attached hydrogen (secondary N) is 1. The molecular weight excluding hydrogens is 256 g/mol. The van der Waals surface area contributed by atoms with Crippen LogP contribution in [0.4, 0.5) is 0 Å². The van der Waals surface area contributed by atoms with Gasteiger partial charge >= 0.3 is 0 Å². The summed E-state index contributed by atoms with van der Waals surface area (Å²) in [7, 11) is 0. The molecule has 2 fully saturated rings. The van der Waals surface area contributed by atoms with Gasteiger partial charge < -0.3 is 15.3 Å². The smallest absolute Gasteiger partial charge is 0.225 e. The summed E-state index contributed by atoms with van der Waals surface area (Å²) in [6.07, 6.45) is 3.54. The molecule has 1 unspecified atom stereocenters. The maximum Gasteiger partial charge on any atom is 0.225 e. The topological polar surface area (TPSA) is 69.6 Å². The third-order valence-corrected chi connectivity index (χ3v) is 4.23. The third-order valence-electron chi connectivity index (χ3n) is 4.23. The molecule has 0 bridgehead atoms. The van der Waals surface area contributed by atoms with E-state index < -0.39 is 6.10 Å². The minimum atomic E-state index is -0.434. The van der Waals surface area contributed by atoms with Crippen LogP contribution in [-0.4, -0.2) is 47.1 Å². The Bertz CT molecular complexity index is 370. The highest BCUT2D eigenvalue weighted by Crippen LogP contribution is 2.22. The van der Waals surface area contributed by atoms with Gasteiger partial charge in [-0.2, -0.15) is 0 Å². The van der Waals surface area contributed by atoms with Crippen LogP contribution < -0.4 is 5.32 Å². The number of nitrogens with zero attached hydrogens (tertiary/aromatic N) is 1. The maximum atomic E-state index is 12.2. The molecule has 2 rings (SSSR count). The second-order valence-corrected chi connectivity index (χ2v) is 6.56. The molecule has 114 valence electrons. The van der Waals surface area contributed by atoms with Crippen LogP contribution in [0.5, 0.6) is 0 Å². The number of hydrogen-bond acceptors (Lipinski definition) is 3.